The summed E-state index contributed by atoms with van der Waals surface area (Å²) in [7, 11) is -0.371. The summed E-state index contributed by atoms with van der Waals surface area (Å²) in [5.74, 6) is 0.361. The number of aryl methyl sites for hydroxylation is 1. The summed E-state index contributed by atoms with van der Waals surface area (Å²) >= 11 is 6.16. The molecule has 1 aliphatic rings. The number of rotatable bonds is 4. The second kappa shape index (κ2) is 7.24. The molecule has 6 nitrogen and oxygen atoms in total. The fourth-order valence-corrected chi connectivity index (χ4v) is 5.40. The van der Waals surface area contributed by atoms with Gasteiger partial charge in [-0.05, 0) is 34.9 Å². The second-order valence-electron chi connectivity index (χ2n) is 6.79. The number of aromatic nitrogens is 2. The molecule has 0 saturated heterocycles. The highest BCUT2D eigenvalue weighted by Gasteiger charge is 2.34. The molecule has 4 rings (SSSR count). The molecule has 1 atom stereocenters. The number of nitrogens with zero attached hydrogens (tertiary/aromatic N) is 3. The number of hydrogen-bond acceptors (Lipinski definition) is 4. The first-order valence-corrected chi connectivity index (χ1v) is 10.6. The fourth-order valence-electron chi connectivity index (χ4n) is 3.62. The number of methoxy groups -OCH3 is 1. The molecule has 2 heterocycles. The van der Waals surface area contributed by atoms with Crippen molar-refractivity contribution in [3.63, 3.8) is 0 Å². The van der Waals surface area contributed by atoms with Crippen molar-refractivity contribution < 1.29 is 13.2 Å². The van der Waals surface area contributed by atoms with Crippen molar-refractivity contribution in [1.29, 1.82) is 0 Å². The van der Waals surface area contributed by atoms with Gasteiger partial charge in [-0.3, -0.25) is 4.68 Å². The molecular weight excluding hydrogens is 398 g/mol. The number of hydrogen-bond donors (Lipinski definition) is 0. The minimum Gasteiger partial charge on any atom is -0.495 e. The van der Waals surface area contributed by atoms with Gasteiger partial charge in [-0.2, -0.15) is 9.40 Å². The summed E-state index contributed by atoms with van der Waals surface area (Å²) in [5, 5.41) is 4.53. The summed E-state index contributed by atoms with van der Waals surface area (Å²) in [6.45, 7) is 0.660. The van der Waals surface area contributed by atoms with Crippen LogP contribution in [0.15, 0.2) is 59.8 Å². The first-order valence-electron chi connectivity index (χ1n) is 8.80. The maximum atomic E-state index is 13.3. The highest BCUT2D eigenvalue weighted by Crippen LogP contribution is 2.36. The van der Waals surface area contributed by atoms with Gasteiger partial charge < -0.3 is 4.74 Å². The quantitative estimate of drug-likeness (QED) is 0.652. The normalized spacial score (nSPS) is 17.3. The van der Waals surface area contributed by atoms with Gasteiger partial charge >= 0.3 is 0 Å². The lowest BCUT2D eigenvalue weighted by Crippen LogP contribution is -2.38. The van der Waals surface area contributed by atoms with Crippen LogP contribution in [0.1, 0.15) is 22.6 Å². The minimum atomic E-state index is -3.72. The highest BCUT2D eigenvalue weighted by atomic mass is 35.5. The van der Waals surface area contributed by atoms with Crippen LogP contribution in [0.4, 0.5) is 0 Å². The van der Waals surface area contributed by atoms with Gasteiger partial charge in [0.2, 0.25) is 10.0 Å². The van der Waals surface area contributed by atoms with Gasteiger partial charge in [0.1, 0.15) is 5.75 Å². The zero-order valence-electron chi connectivity index (χ0n) is 15.5. The van der Waals surface area contributed by atoms with E-state index in [0.29, 0.717) is 18.8 Å². The van der Waals surface area contributed by atoms with Crippen molar-refractivity contribution in [2.45, 2.75) is 17.4 Å². The van der Waals surface area contributed by atoms with Crippen LogP contribution in [0, 0.1) is 0 Å². The van der Waals surface area contributed by atoms with Gasteiger partial charge in [0.05, 0.1) is 23.2 Å². The Balaban J connectivity index is 1.75. The molecule has 0 radical (unpaired) electrons. The predicted octanol–water partition coefficient (Wildman–Crippen LogP) is 3.42. The summed E-state index contributed by atoms with van der Waals surface area (Å²) in [6, 6.07) is 12.5. The molecule has 0 fully saturated rings. The van der Waals surface area contributed by atoms with E-state index < -0.39 is 10.0 Å². The smallest absolute Gasteiger partial charge is 0.243 e. The van der Waals surface area contributed by atoms with E-state index in [4.69, 9.17) is 16.3 Å². The topological polar surface area (TPSA) is 64.4 Å². The lowest BCUT2D eigenvalue weighted by molar-refractivity contribution is 0.371. The first-order chi connectivity index (χ1) is 13.4. The van der Waals surface area contributed by atoms with Crippen LogP contribution in [-0.4, -0.2) is 36.2 Å². The summed E-state index contributed by atoms with van der Waals surface area (Å²) in [6.07, 6.45) is 3.73. The van der Waals surface area contributed by atoms with Gasteiger partial charge in [0.25, 0.3) is 0 Å². The third kappa shape index (κ3) is 3.30. The lowest BCUT2D eigenvalue weighted by Gasteiger charge is -2.33. The van der Waals surface area contributed by atoms with Crippen LogP contribution in [0.3, 0.4) is 0 Å². The van der Waals surface area contributed by atoms with Crippen molar-refractivity contribution in [2.24, 2.45) is 7.05 Å². The molecule has 146 valence electrons. The summed E-state index contributed by atoms with van der Waals surface area (Å²) in [5.41, 5.74) is 3.11. The number of sulfonamides is 1. The summed E-state index contributed by atoms with van der Waals surface area (Å²) in [4.78, 5) is 0.155. The minimum absolute atomic E-state index is 0.0813. The molecule has 3 aromatic rings. The standard InChI is InChI=1S/C20H20ClN3O3S/c1-23-11-15(10-22-23)18-13-24(12-14-5-3-4-6-17(14)18)28(25,26)16-7-8-20(27-2)19(21)9-16/h3-11,18H,12-13H2,1-2H3/t18-/m0/s1. The Labute approximate surface area is 169 Å². The van der Waals surface area contributed by atoms with E-state index in [9.17, 15) is 8.42 Å². The Kier molecular flexibility index (Phi) is 4.91. The van der Waals surface area contributed by atoms with Gasteiger partial charge in [-0.1, -0.05) is 35.9 Å². The third-order valence-corrected chi connectivity index (χ3v) is 7.15. The van der Waals surface area contributed by atoms with Crippen molar-refractivity contribution in [3.8, 4) is 5.75 Å². The predicted molar refractivity (Wildman–Crippen MR) is 107 cm³/mol. The van der Waals surface area contributed by atoms with Crippen LogP contribution < -0.4 is 4.74 Å². The van der Waals surface area contributed by atoms with Crippen LogP contribution in [0.25, 0.3) is 0 Å². The number of benzene rings is 2. The van der Waals surface area contributed by atoms with Crippen molar-refractivity contribution >= 4 is 21.6 Å². The molecule has 8 heteroatoms. The molecule has 1 aromatic heterocycles. The Hall–Kier alpha value is -2.35. The Morgan fingerprint density at radius 1 is 1.21 bits per heavy atom. The zero-order chi connectivity index (χ0) is 19.9. The average Bonchev–Trinajstić information content (AvgIpc) is 3.13. The lowest BCUT2D eigenvalue weighted by atomic mass is 9.87. The van der Waals surface area contributed by atoms with Gasteiger partial charge in [0.15, 0.2) is 0 Å². The summed E-state index contributed by atoms with van der Waals surface area (Å²) < 4.78 is 35.0. The molecule has 0 bridgehead atoms. The van der Waals surface area contributed by atoms with Crippen LogP contribution >= 0.6 is 11.6 Å². The first kappa shape index (κ1) is 19.0. The SMILES string of the molecule is COc1ccc(S(=O)(=O)N2Cc3ccccc3[C@H](c3cnn(C)c3)C2)cc1Cl. The molecule has 0 N–H and O–H groups in total. The second-order valence-corrected chi connectivity index (χ2v) is 9.14. The molecule has 0 spiro atoms. The van der Waals surface area contributed by atoms with E-state index in [1.807, 2.05) is 31.4 Å². The molecule has 2 aromatic carbocycles. The van der Waals surface area contributed by atoms with Gasteiger partial charge in [-0.15, -0.1) is 0 Å². The third-order valence-electron chi connectivity index (χ3n) is 5.05. The van der Waals surface area contributed by atoms with Crippen molar-refractivity contribution in [3.05, 3.63) is 76.6 Å². The van der Waals surface area contributed by atoms with Crippen LogP contribution in [0.2, 0.25) is 5.02 Å². The average molecular weight is 418 g/mol. The number of fused-ring (bicyclic) bond motifs is 1. The van der Waals surface area contributed by atoms with E-state index in [-0.39, 0.29) is 15.8 Å². The van der Waals surface area contributed by atoms with Crippen LogP contribution in [0.5, 0.6) is 5.75 Å². The molecule has 0 unspecified atom stereocenters. The number of ether oxygens (including phenoxy) is 1. The maximum absolute atomic E-state index is 13.3. The van der Waals surface area contributed by atoms with E-state index in [1.165, 1.54) is 23.5 Å². The molecule has 0 aliphatic carbocycles. The largest absolute Gasteiger partial charge is 0.495 e. The van der Waals surface area contributed by atoms with E-state index in [2.05, 4.69) is 11.2 Å². The number of halogens is 1. The Morgan fingerprint density at radius 2 is 2.00 bits per heavy atom. The van der Waals surface area contributed by atoms with Crippen LogP contribution in [-0.2, 0) is 23.6 Å². The van der Waals surface area contributed by atoms with E-state index >= 15 is 0 Å². The molecule has 0 amide bonds. The fraction of sp³-hybridized carbons (Fsp3) is 0.250. The molecular formula is C20H20ClN3O3S. The molecule has 0 saturated carbocycles. The van der Waals surface area contributed by atoms with Crippen molar-refractivity contribution in [2.75, 3.05) is 13.7 Å². The molecule has 1 aliphatic heterocycles. The zero-order valence-corrected chi connectivity index (χ0v) is 17.1. The Bertz CT molecular complexity index is 1130. The maximum Gasteiger partial charge on any atom is 0.243 e. The van der Waals surface area contributed by atoms with Gasteiger partial charge in [0, 0.05) is 32.3 Å². The van der Waals surface area contributed by atoms with Crippen molar-refractivity contribution in [1.82, 2.24) is 14.1 Å². The van der Waals surface area contributed by atoms with Gasteiger partial charge in [-0.25, -0.2) is 8.42 Å². The van der Waals surface area contributed by atoms with E-state index in [1.54, 1.807) is 16.9 Å². The molecule has 28 heavy (non-hydrogen) atoms. The monoisotopic (exact) mass is 417 g/mol. The van der Waals surface area contributed by atoms with E-state index in [0.717, 1.165) is 16.7 Å². The highest BCUT2D eigenvalue weighted by molar-refractivity contribution is 7.89. The Morgan fingerprint density at radius 3 is 2.68 bits per heavy atom.